The molecule has 4 rings (SSSR count). The Balaban J connectivity index is 1.78. The fourth-order valence-electron chi connectivity index (χ4n) is 4.79. The van der Waals surface area contributed by atoms with E-state index in [9.17, 15) is 4.79 Å². The SMILES string of the molecule is CCc1cc(CC)c2c(OC)c3ccc(COC(=O)N4CCCCC4)cc3c(OC)c2c1. The number of carbonyl (C=O) groups excluding carboxylic acids is 1. The van der Waals surface area contributed by atoms with Gasteiger partial charge >= 0.3 is 6.09 Å². The zero-order valence-corrected chi connectivity index (χ0v) is 19.6. The molecule has 5 nitrogen and oxygen atoms in total. The van der Waals surface area contributed by atoms with Crippen molar-refractivity contribution in [2.24, 2.45) is 0 Å². The summed E-state index contributed by atoms with van der Waals surface area (Å²) in [5, 5.41) is 4.15. The van der Waals surface area contributed by atoms with Gasteiger partial charge in [-0.25, -0.2) is 4.79 Å². The third kappa shape index (κ3) is 4.08. The second kappa shape index (κ2) is 9.68. The van der Waals surface area contributed by atoms with Crippen LogP contribution in [0.5, 0.6) is 11.5 Å². The fourth-order valence-corrected chi connectivity index (χ4v) is 4.79. The molecule has 1 amide bonds. The third-order valence-electron chi connectivity index (χ3n) is 6.50. The summed E-state index contributed by atoms with van der Waals surface area (Å²) in [5.41, 5.74) is 3.47. The molecule has 0 radical (unpaired) electrons. The lowest BCUT2D eigenvalue weighted by atomic mass is 9.92. The number of carbonyl (C=O) groups is 1. The molecule has 1 fully saturated rings. The number of aryl methyl sites for hydroxylation is 2. The number of amides is 1. The van der Waals surface area contributed by atoms with Crippen LogP contribution in [0.15, 0.2) is 30.3 Å². The Morgan fingerprint density at radius 1 is 0.844 bits per heavy atom. The molecule has 0 aliphatic carbocycles. The molecule has 0 aromatic heterocycles. The summed E-state index contributed by atoms with van der Waals surface area (Å²) < 4.78 is 17.5. The Hall–Kier alpha value is -2.95. The van der Waals surface area contributed by atoms with E-state index in [2.05, 4.69) is 32.0 Å². The lowest BCUT2D eigenvalue weighted by molar-refractivity contribution is 0.0895. The number of benzene rings is 3. The van der Waals surface area contributed by atoms with Crippen LogP contribution < -0.4 is 9.47 Å². The summed E-state index contributed by atoms with van der Waals surface area (Å²) in [5.74, 6) is 1.71. The van der Waals surface area contributed by atoms with E-state index < -0.39 is 0 Å². The van der Waals surface area contributed by atoms with E-state index in [-0.39, 0.29) is 12.7 Å². The third-order valence-corrected chi connectivity index (χ3v) is 6.50. The first kappa shape index (κ1) is 22.3. The Bertz CT molecular complexity index is 1130. The molecule has 0 saturated carbocycles. The predicted molar refractivity (Wildman–Crippen MR) is 129 cm³/mol. The molecule has 0 N–H and O–H groups in total. The molecule has 0 atom stereocenters. The number of rotatable bonds is 6. The molecule has 1 aliphatic rings. The molecule has 0 unspecified atom stereocenters. The molecule has 0 spiro atoms. The largest absolute Gasteiger partial charge is 0.495 e. The summed E-state index contributed by atoms with van der Waals surface area (Å²) in [6, 6.07) is 10.6. The topological polar surface area (TPSA) is 48.0 Å². The molecule has 0 bridgehead atoms. The monoisotopic (exact) mass is 435 g/mol. The van der Waals surface area contributed by atoms with Crippen LogP contribution >= 0.6 is 0 Å². The minimum absolute atomic E-state index is 0.229. The molecule has 170 valence electrons. The van der Waals surface area contributed by atoms with Gasteiger partial charge < -0.3 is 19.1 Å². The van der Waals surface area contributed by atoms with Gasteiger partial charge in [0, 0.05) is 34.6 Å². The lowest BCUT2D eigenvalue weighted by Gasteiger charge is -2.25. The Labute approximate surface area is 190 Å². The molecule has 3 aromatic rings. The van der Waals surface area contributed by atoms with Crippen LogP contribution in [0.2, 0.25) is 0 Å². The average Bonchev–Trinajstić information content (AvgIpc) is 2.85. The summed E-state index contributed by atoms with van der Waals surface area (Å²) in [6.45, 7) is 6.15. The smallest absolute Gasteiger partial charge is 0.410 e. The van der Waals surface area contributed by atoms with Crippen LogP contribution in [0.3, 0.4) is 0 Å². The van der Waals surface area contributed by atoms with E-state index in [0.717, 1.165) is 77.4 Å². The number of hydrogen-bond donors (Lipinski definition) is 0. The molecular formula is C27H33NO4. The van der Waals surface area contributed by atoms with E-state index in [1.807, 2.05) is 12.1 Å². The zero-order chi connectivity index (χ0) is 22.7. The van der Waals surface area contributed by atoms with Crippen molar-refractivity contribution in [2.75, 3.05) is 27.3 Å². The van der Waals surface area contributed by atoms with Crippen LogP contribution in [0.4, 0.5) is 4.79 Å². The number of piperidine rings is 1. The van der Waals surface area contributed by atoms with E-state index in [4.69, 9.17) is 14.2 Å². The van der Waals surface area contributed by atoms with Crippen molar-refractivity contribution in [3.05, 3.63) is 47.0 Å². The first-order valence-corrected chi connectivity index (χ1v) is 11.6. The normalized spacial score (nSPS) is 14.1. The van der Waals surface area contributed by atoms with Crippen molar-refractivity contribution in [2.45, 2.75) is 52.6 Å². The van der Waals surface area contributed by atoms with Gasteiger partial charge in [0.2, 0.25) is 0 Å². The van der Waals surface area contributed by atoms with E-state index in [0.29, 0.717) is 0 Å². The van der Waals surface area contributed by atoms with Crippen molar-refractivity contribution < 1.29 is 19.0 Å². The van der Waals surface area contributed by atoms with Gasteiger partial charge in [0.1, 0.15) is 18.1 Å². The van der Waals surface area contributed by atoms with Crippen LogP contribution in [0, 0.1) is 0 Å². The number of fused-ring (bicyclic) bond motifs is 2. The molecule has 1 heterocycles. The summed E-state index contributed by atoms with van der Waals surface area (Å²) in [4.78, 5) is 14.2. The highest BCUT2D eigenvalue weighted by molar-refractivity contribution is 6.12. The van der Waals surface area contributed by atoms with Crippen LogP contribution in [-0.4, -0.2) is 38.3 Å². The standard InChI is InChI=1S/C27H33NO4/c1-5-18-14-20(6-2)24-23(15-18)25(30-3)22-16-19(10-11-21(22)26(24)31-4)17-32-27(29)28-12-8-7-9-13-28/h10-11,14-16H,5-9,12-13,17H2,1-4H3. The highest BCUT2D eigenvalue weighted by atomic mass is 16.6. The molecule has 3 aromatic carbocycles. The average molecular weight is 436 g/mol. The van der Waals surface area contributed by atoms with E-state index in [1.54, 1.807) is 19.1 Å². The van der Waals surface area contributed by atoms with Crippen molar-refractivity contribution in [1.29, 1.82) is 0 Å². The second-order valence-corrected chi connectivity index (χ2v) is 8.43. The van der Waals surface area contributed by atoms with Gasteiger partial charge in [0.15, 0.2) is 0 Å². The maximum atomic E-state index is 12.4. The van der Waals surface area contributed by atoms with Gasteiger partial charge in [-0.3, -0.25) is 0 Å². The van der Waals surface area contributed by atoms with E-state index in [1.165, 1.54) is 17.5 Å². The highest BCUT2D eigenvalue weighted by Crippen LogP contribution is 2.45. The molecule has 1 aliphatic heterocycles. The van der Waals surface area contributed by atoms with Gasteiger partial charge in [-0.2, -0.15) is 0 Å². The summed E-state index contributed by atoms with van der Waals surface area (Å²) >= 11 is 0. The quantitative estimate of drug-likeness (QED) is 0.429. The van der Waals surface area contributed by atoms with Crippen molar-refractivity contribution in [3.8, 4) is 11.5 Å². The van der Waals surface area contributed by atoms with Crippen LogP contribution in [0.25, 0.3) is 21.5 Å². The Kier molecular flexibility index (Phi) is 6.73. The first-order valence-electron chi connectivity index (χ1n) is 11.6. The highest BCUT2D eigenvalue weighted by Gasteiger charge is 2.20. The lowest BCUT2D eigenvalue weighted by Crippen LogP contribution is -2.35. The maximum absolute atomic E-state index is 12.4. The summed E-state index contributed by atoms with van der Waals surface area (Å²) in [7, 11) is 3.44. The van der Waals surface area contributed by atoms with Gasteiger partial charge in [0.05, 0.1) is 14.2 Å². The van der Waals surface area contributed by atoms with Gasteiger partial charge in [0.25, 0.3) is 0 Å². The van der Waals surface area contributed by atoms with E-state index >= 15 is 0 Å². The maximum Gasteiger partial charge on any atom is 0.410 e. The zero-order valence-electron chi connectivity index (χ0n) is 19.6. The summed E-state index contributed by atoms with van der Waals surface area (Å²) in [6.07, 6.45) is 4.93. The van der Waals surface area contributed by atoms with Gasteiger partial charge in [-0.1, -0.05) is 32.0 Å². The van der Waals surface area contributed by atoms with Crippen molar-refractivity contribution >= 4 is 27.6 Å². The van der Waals surface area contributed by atoms with Crippen LogP contribution in [-0.2, 0) is 24.2 Å². The second-order valence-electron chi connectivity index (χ2n) is 8.43. The Morgan fingerprint density at radius 2 is 1.56 bits per heavy atom. The van der Waals surface area contributed by atoms with Crippen LogP contribution in [0.1, 0.15) is 49.8 Å². The molecule has 5 heteroatoms. The number of likely N-dealkylation sites (tertiary alicyclic amines) is 1. The van der Waals surface area contributed by atoms with Crippen molar-refractivity contribution in [3.63, 3.8) is 0 Å². The molecule has 32 heavy (non-hydrogen) atoms. The minimum atomic E-state index is -0.229. The number of nitrogens with zero attached hydrogens (tertiary/aromatic N) is 1. The molecular weight excluding hydrogens is 402 g/mol. The number of ether oxygens (including phenoxy) is 3. The Morgan fingerprint density at radius 3 is 2.22 bits per heavy atom. The van der Waals surface area contributed by atoms with Crippen molar-refractivity contribution in [1.82, 2.24) is 4.90 Å². The number of methoxy groups -OCH3 is 2. The predicted octanol–water partition coefficient (Wildman–Crippen LogP) is 6.26. The van der Waals surface area contributed by atoms with Gasteiger partial charge in [-0.05, 0) is 60.9 Å². The first-order chi connectivity index (χ1) is 15.6. The minimum Gasteiger partial charge on any atom is -0.495 e. The molecule has 1 saturated heterocycles. The fraction of sp³-hybridized carbons (Fsp3) is 0.444. The number of hydrogen-bond acceptors (Lipinski definition) is 4. The van der Waals surface area contributed by atoms with Gasteiger partial charge in [-0.15, -0.1) is 0 Å².